The Bertz CT molecular complexity index is 157. The lowest BCUT2D eigenvalue weighted by Gasteiger charge is -2.14. The molecule has 11 heavy (non-hydrogen) atoms. The van der Waals surface area contributed by atoms with Gasteiger partial charge in [-0.1, -0.05) is 20.4 Å². The average molecular weight is 158 g/mol. The van der Waals surface area contributed by atoms with E-state index in [-0.39, 0.29) is 0 Å². The molecule has 0 aromatic heterocycles. The number of amides is 1. The van der Waals surface area contributed by atoms with Crippen molar-refractivity contribution in [3.05, 3.63) is 12.2 Å². The maximum absolute atomic E-state index is 11.0. The molecule has 0 aromatic carbocycles. The maximum Gasteiger partial charge on any atom is 0.287 e. The van der Waals surface area contributed by atoms with Crippen LogP contribution in [0.1, 0.15) is 20.3 Å². The fraction of sp³-hybridized carbons (Fsp3) is 0.571. The van der Waals surface area contributed by atoms with Gasteiger partial charge in [-0.15, -0.1) is 5.17 Å². The zero-order valence-corrected chi connectivity index (χ0v) is 6.92. The Morgan fingerprint density at radius 1 is 1.64 bits per heavy atom. The van der Waals surface area contributed by atoms with Crippen LogP contribution in [0.3, 0.4) is 0 Å². The van der Waals surface area contributed by atoms with Gasteiger partial charge in [-0.25, -0.2) is 5.43 Å². The molecule has 0 aliphatic heterocycles. The molecule has 2 N–H and O–H groups in total. The van der Waals surface area contributed by atoms with E-state index in [1.807, 2.05) is 0 Å². The quantitative estimate of drug-likeness (QED) is 0.359. The third kappa shape index (κ3) is 3.15. The number of rotatable bonds is 4. The first-order valence-corrected chi connectivity index (χ1v) is 3.58. The lowest BCUT2D eigenvalue weighted by molar-refractivity contribution is -0.174. The second kappa shape index (κ2) is 4.87. The number of hydroxylamine groups is 1. The van der Waals surface area contributed by atoms with E-state index >= 15 is 0 Å². The van der Waals surface area contributed by atoms with E-state index in [0.29, 0.717) is 23.7 Å². The summed E-state index contributed by atoms with van der Waals surface area (Å²) in [6.45, 7) is 7.57. The van der Waals surface area contributed by atoms with E-state index in [4.69, 9.17) is 5.21 Å². The van der Waals surface area contributed by atoms with E-state index < -0.39 is 5.91 Å². The minimum absolute atomic E-state index is 0.383. The largest absolute Gasteiger partial charge is 0.287 e. The van der Waals surface area contributed by atoms with Crippen molar-refractivity contribution in [1.82, 2.24) is 10.6 Å². The third-order valence-corrected chi connectivity index (χ3v) is 1.23. The summed E-state index contributed by atoms with van der Waals surface area (Å²) < 4.78 is 0. The first-order chi connectivity index (χ1) is 5.13. The summed E-state index contributed by atoms with van der Waals surface area (Å²) in [5.74, 6) is -0.477. The normalized spacial score (nSPS) is 9.36. The standard InChI is InChI=1S/C7H14N2O2/c1-4-6(3)7(10)9(11)8-5-2/h8,11H,3-5H2,1-2H3. The minimum atomic E-state index is -0.477. The van der Waals surface area contributed by atoms with Gasteiger partial charge in [-0.3, -0.25) is 10.0 Å². The highest BCUT2D eigenvalue weighted by molar-refractivity contribution is 5.91. The first-order valence-electron chi connectivity index (χ1n) is 3.58. The highest BCUT2D eigenvalue weighted by atomic mass is 16.6. The van der Waals surface area contributed by atoms with Crippen LogP contribution in [0.25, 0.3) is 0 Å². The van der Waals surface area contributed by atoms with Crippen LogP contribution in [0.15, 0.2) is 12.2 Å². The van der Waals surface area contributed by atoms with Crippen molar-refractivity contribution in [3.63, 3.8) is 0 Å². The monoisotopic (exact) mass is 158 g/mol. The molecule has 0 atom stereocenters. The molecule has 4 heteroatoms. The Morgan fingerprint density at radius 3 is 2.55 bits per heavy atom. The second-order valence-electron chi connectivity index (χ2n) is 2.09. The average Bonchev–Trinajstić information content (AvgIpc) is 2.02. The van der Waals surface area contributed by atoms with Gasteiger partial charge in [0.05, 0.1) is 0 Å². The van der Waals surface area contributed by atoms with Gasteiger partial charge in [-0.05, 0) is 6.42 Å². The van der Waals surface area contributed by atoms with Crippen LogP contribution in [0.2, 0.25) is 0 Å². The predicted molar refractivity (Wildman–Crippen MR) is 41.7 cm³/mol. The summed E-state index contributed by atoms with van der Waals surface area (Å²) in [7, 11) is 0. The molecule has 0 rings (SSSR count). The van der Waals surface area contributed by atoms with Crippen molar-refractivity contribution in [2.75, 3.05) is 6.54 Å². The van der Waals surface area contributed by atoms with Gasteiger partial charge in [-0.2, -0.15) is 0 Å². The highest BCUT2D eigenvalue weighted by Gasteiger charge is 2.11. The molecular weight excluding hydrogens is 144 g/mol. The molecule has 0 aliphatic rings. The molecule has 64 valence electrons. The molecule has 0 aromatic rings. The first kappa shape index (κ1) is 10.1. The SMILES string of the molecule is C=C(CC)C(=O)N(O)NCC. The number of nitrogens with one attached hydrogen (secondary N) is 1. The summed E-state index contributed by atoms with van der Waals surface area (Å²) in [4.78, 5) is 11.0. The van der Waals surface area contributed by atoms with E-state index in [9.17, 15) is 4.79 Å². The van der Waals surface area contributed by atoms with Gasteiger partial charge in [0.25, 0.3) is 5.91 Å². The lowest BCUT2D eigenvalue weighted by atomic mass is 10.2. The minimum Gasteiger partial charge on any atom is -0.270 e. The molecule has 4 nitrogen and oxygen atoms in total. The number of carbonyl (C=O) groups excluding carboxylic acids is 1. The van der Waals surface area contributed by atoms with Crippen LogP contribution < -0.4 is 5.43 Å². The van der Waals surface area contributed by atoms with Gasteiger partial charge in [0.1, 0.15) is 0 Å². The Morgan fingerprint density at radius 2 is 2.18 bits per heavy atom. The molecule has 1 amide bonds. The van der Waals surface area contributed by atoms with Gasteiger partial charge >= 0.3 is 0 Å². The van der Waals surface area contributed by atoms with E-state index in [1.54, 1.807) is 13.8 Å². The summed E-state index contributed by atoms with van der Waals surface area (Å²) >= 11 is 0. The maximum atomic E-state index is 11.0. The van der Waals surface area contributed by atoms with Gasteiger partial charge in [0, 0.05) is 12.1 Å². The van der Waals surface area contributed by atoms with Crippen LogP contribution in [0.4, 0.5) is 0 Å². The van der Waals surface area contributed by atoms with Crippen molar-refractivity contribution < 1.29 is 10.0 Å². The number of hydrogen-bond donors (Lipinski definition) is 2. The van der Waals surface area contributed by atoms with Gasteiger partial charge in [0.2, 0.25) is 0 Å². The topological polar surface area (TPSA) is 52.6 Å². The zero-order valence-electron chi connectivity index (χ0n) is 6.92. The van der Waals surface area contributed by atoms with Gasteiger partial charge < -0.3 is 0 Å². The van der Waals surface area contributed by atoms with Crippen molar-refractivity contribution in [2.45, 2.75) is 20.3 Å². The molecule has 0 saturated carbocycles. The Balaban J connectivity index is 3.91. The lowest BCUT2D eigenvalue weighted by Crippen LogP contribution is -2.40. The van der Waals surface area contributed by atoms with Crippen LogP contribution in [0, 0.1) is 0 Å². The van der Waals surface area contributed by atoms with Crippen LogP contribution >= 0.6 is 0 Å². The summed E-state index contributed by atoms with van der Waals surface area (Å²) in [5.41, 5.74) is 2.82. The Hall–Kier alpha value is -0.870. The molecule has 0 saturated heterocycles. The Labute approximate surface area is 66.4 Å². The van der Waals surface area contributed by atoms with Crippen molar-refractivity contribution in [1.29, 1.82) is 0 Å². The van der Waals surface area contributed by atoms with Crippen LogP contribution in [0.5, 0.6) is 0 Å². The van der Waals surface area contributed by atoms with Crippen LogP contribution in [-0.2, 0) is 4.79 Å². The summed E-state index contributed by atoms with van der Waals surface area (Å²) in [6.07, 6.45) is 0.543. The fourth-order valence-electron chi connectivity index (χ4n) is 0.523. The molecule has 0 heterocycles. The van der Waals surface area contributed by atoms with Crippen molar-refractivity contribution >= 4 is 5.91 Å². The number of carbonyl (C=O) groups is 1. The summed E-state index contributed by atoms with van der Waals surface area (Å²) in [5, 5.41) is 9.40. The third-order valence-electron chi connectivity index (χ3n) is 1.23. The zero-order chi connectivity index (χ0) is 8.85. The van der Waals surface area contributed by atoms with E-state index in [0.717, 1.165) is 0 Å². The molecule has 0 spiro atoms. The molecule has 0 unspecified atom stereocenters. The van der Waals surface area contributed by atoms with Crippen LogP contribution in [-0.4, -0.2) is 22.8 Å². The highest BCUT2D eigenvalue weighted by Crippen LogP contribution is 1.98. The van der Waals surface area contributed by atoms with E-state index in [1.165, 1.54) is 0 Å². The fourth-order valence-corrected chi connectivity index (χ4v) is 0.523. The summed E-state index contributed by atoms with van der Waals surface area (Å²) in [6, 6.07) is 0. The predicted octanol–water partition coefficient (Wildman–Crippen LogP) is 0.695. The number of nitrogens with zero attached hydrogens (tertiary/aromatic N) is 1. The van der Waals surface area contributed by atoms with Crippen molar-refractivity contribution in [3.8, 4) is 0 Å². The molecular formula is C7H14N2O2. The molecule has 0 bridgehead atoms. The number of hydrogen-bond acceptors (Lipinski definition) is 3. The second-order valence-corrected chi connectivity index (χ2v) is 2.09. The Kier molecular flexibility index (Phi) is 4.49. The molecule has 0 fully saturated rings. The number of hydrazine groups is 1. The van der Waals surface area contributed by atoms with Crippen molar-refractivity contribution in [2.24, 2.45) is 0 Å². The van der Waals surface area contributed by atoms with Gasteiger partial charge in [0.15, 0.2) is 0 Å². The van der Waals surface area contributed by atoms with E-state index in [2.05, 4.69) is 12.0 Å². The molecule has 0 aliphatic carbocycles. The smallest absolute Gasteiger partial charge is 0.270 e. The molecule has 0 radical (unpaired) electrons.